The van der Waals surface area contributed by atoms with Crippen LogP contribution in [0.3, 0.4) is 0 Å². The first kappa shape index (κ1) is 23.9. The number of aromatic nitrogens is 2. The first-order valence-corrected chi connectivity index (χ1v) is 12.6. The molecule has 1 N–H and O–H groups in total. The Morgan fingerprint density at radius 2 is 1.86 bits per heavy atom. The van der Waals surface area contributed by atoms with Crippen molar-refractivity contribution in [2.75, 3.05) is 43.4 Å². The fraction of sp³-hybridized carbons (Fsp3) is 0.393. The predicted octanol–water partition coefficient (Wildman–Crippen LogP) is 4.82. The van der Waals surface area contributed by atoms with Crippen molar-refractivity contribution in [2.24, 2.45) is 5.92 Å². The Hall–Kier alpha value is -3.86. The molecule has 1 aliphatic carbocycles. The van der Waals surface area contributed by atoms with Crippen molar-refractivity contribution >= 4 is 17.4 Å². The summed E-state index contributed by atoms with van der Waals surface area (Å²) >= 11 is 0. The maximum absolute atomic E-state index is 15.5. The molecular weight excluding hydrogens is 455 g/mol. The van der Waals surface area contributed by atoms with Crippen LogP contribution in [0.25, 0.3) is 16.9 Å². The number of nitriles is 1. The number of hydrogen-bond donors (Lipinski definition) is 1. The molecule has 1 aromatic heterocycles. The molecule has 2 heterocycles. The van der Waals surface area contributed by atoms with Crippen LogP contribution in [-0.2, 0) is 4.79 Å². The highest BCUT2D eigenvalue weighted by Crippen LogP contribution is 2.30. The van der Waals surface area contributed by atoms with Crippen molar-refractivity contribution in [3.05, 3.63) is 59.9 Å². The van der Waals surface area contributed by atoms with Crippen molar-refractivity contribution in [1.82, 2.24) is 14.7 Å². The number of hydrogen-bond acceptors (Lipinski definition) is 5. The van der Waals surface area contributed by atoms with Gasteiger partial charge in [-0.05, 0) is 49.1 Å². The first-order valence-electron chi connectivity index (χ1n) is 12.6. The number of nitrogens with zero attached hydrogens (tertiary/aromatic N) is 5. The van der Waals surface area contributed by atoms with Crippen molar-refractivity contribution in [3.63, 3.8) is 0 Å². The van der Waals surface area contributed by atoms with E-state index in [-0.39, 0.29) is 12.5 Å². The molecule has 7 nitrogen and oxygen atoms in total. The van der Waals surface area contributed by atoms with Gasteiger partial charge in [0.1, 0.15) is 11.5 Å². The fourth-order valence-electron chi connectivity index (χ4n) is 5.06. The number of benzene rings is 2. The first-order chi connectivity index (χ1) is 17.5. The molecule has 0 unspecified atom stereocenters. The molecule has 2 aromatic carbocycles. The molecule has 1 amide bonds. The Morgan fingerprint density at radius 3 is 2.56 bits per heavy atom. The van der Waals surface area contributed by atoms with E-state index >= 15 is 4.39 Å². The Morgan fingerprint density at radius 1 is 1.08 bits per heavy atom. The topological polar surface area (TPSA) is 77.2 Å². The van der Waals surface area contributed by atoms with E-state index < -0.39 is 5.82 Å². The van der Waals surface area contributed by atoms with E-state index in [0.717, 1.165) is 17.8 Å². The summed E-state index contributed by atoms with van der Waals surface area (Å²) in [4.78, 5) is 15.7. The smallest absolute Gasteiger partial charge is 0.241 e. The molecule has 3 aromatic rings. The Labute approximate surface area is 211 Å². The minimum atomic E-state index is -0.407. The molecule has 2 aliphatic rings. The number of halogens is 1. The molecule has 1 aliphatic heterocycles. The average molecular weight is 487 g/mol. The molecule has 0 atom stereocenters. The second-order valence-electron chi connectivity index (χ2n) is 9.77. The quantitative estimate of drug-likeness (QED) is 0.541. The molecule has 0 radical (unpaired) electrons. The van der Waals surface area contributed by atoms with Gasteiger partial charge in [0.25, 0.3) is 0 Å². The van der Waals surface area contributed by atoms with Gasteiger partial charge < -0.3 is 15.1 Å². The highest BCUT2D eigenvalue weighted by molar-refractivity contribution is 5.82. The highest BCUT2D eigenvalue weighted by atomic mass is 19.1. The van der Waals surface area contributed by atoms with Gasteiger partial charge in [0.2, 0.25) is 5.91 Å². The van der Waals surface area contributed by atoms with E-state index in [1.165, 1.54) is 38.2 Å². The minimum absolute atomic E-state index is 0.0228. The van der Waals surface area contributed by atoms with Crippen LogP contribution >= 0.6 is 0 Å². The van der Waals surface area contributed by atoms with Crippen molar-refractivity contribution < 1.29 is 9.18 Å². The third-order valence-corrected chi connectivity index (χ3v) is 7.30. The lowest BCUT2D eigenvalue weighted by atomic mass is 9.89. The predicted molar refractivity (Wildman–Crippen MR) is 139 cm³/mol. The number of nitrogens with one attached hydrogen (secondary N) is 1. The molecule has 5 rings (SSSR count). The molecule has 1 saturated heterocycles. The maximum atomic E-state index is 15.5. The maximum Gasteiger partial charge on any atom is 0.241 e. The molecule has 36 heavy (non-hydrogen) atoms. The fourth-order valence-corrected chi connectivity index (χ4v) is 5.06. The zero-order valence-corrected chi connectivity index (χ0v) is 20.6. The van der Waals surface area contributed by atoms with E-state index in [1.807, 2.05) is 29.2 Å². The number of carbonyl (C=O) groups is 1. The third kappa shape index (κ3) is 5.06. The summed E-state index contributed by atoms with van der Waals surface area (Å²) in [5, 5.41) is 17.4. The van der Waals surface area contributed by atoms with Gasteiger partial charge in [-0.15, -0.1) is 5.10 Å². The second-order valence-corrected chi connectivity index (χ2v) is 9.77. The summed E-state index contributed by atoms with van der Waals surface area (Å²) in [5.41, 5.74) is 3.18. The van der Waals surface area contributed by atoms with Gasteiger partial charge in [-0.2, -0.15) is 5.26 Å². The summed E-state index contributed by atoms with van der Waals surface area (Å²) in [7, 11) is 1.78. The van der Waals surface area contributed by atoms with E-state index in [0.29, 0.717) is 41.8 Å². The van der Waals surface area contributed by atoms with E-state index in [9.17, 15) is 10.1 Å². The van der Waals surface area contributed by atoms with Crippen LogP contribution in [0.1, 0.15) is 37.7 Å². The zero-order chi connectivity index (χ0) is 25.1. The number of anilines is 2. The molecule has 1 saturated carbocycles. The van der Waals surface area contributed by atoms with Gasteiger partial charge >= 0.3 is 0 Å². The molecule has 2 fully saturated rings. The van der Waals surface area contributed by atoms with Gasteiger partial charge in [-0.25, -0.2) is 9.07 Å². The van der Waals surface area contributed by atoms with Gasteiger partial charge in [0.15, 0.2) is 5.82 Å². The Bertz CT molecular complexity index is 1270. The monoisotopic (exact) mass is 486 g/mol. The van der Waals surface area contributed by atoms with Crippen LogP contribution in [0, 0.1) is 23.1 Å². The second kappa shape index (κ2) is 10.4. The number of likely N-dealkylation sites (N-methyl/N-ethyl adjacent to an activating group) is 1. The normalized spacial score (nSPS) is 16.8. The van der Waals surface area contributed by atoms with E-state index in [4.69, 9.17) is 5.10 Å². The van der Waals surface area contributed by atoms with Crippen LogP contribution in [0.5, 0.6) is 0 Å². The third-order valence-electron chi connectivity index (χ3n) is 7.30. The van der Waals surface area contributed by atoms with E-state index in [2.05, 4.69) is 11.4 Å². The van der Waals surface area contributed by atoms with Crippen molar-refractivity contribution in [2.45, 2.75) is 32.1 Å². The summed E-state index contributed by atoms with van der Waals surface area (Å²) in [6.07, 6.45) is 6.30. The van der Waals surface area contributed by atoms with Gasteiger partial charge in [0.05, 0.1) is 23.9 Å². The van der Waals surface area contributed by atoms with Crippen LogP contribution < -0.4 is 10.2 Å². The van der Waals surface area contributed by atoms with Gasteiger partial charge in [-0.3, -0.25) is 4.79 Å². The highest BCUT2D eigenvalue weighted by Gasteiger charge is 2.23. The molecular formula is C28H31FN6O. The summed E-state index contributed by atoms with van der Waals surface area (Å²) < 4.78 is 17.1. The van der Waals surface area contributed by atoms with Crippen LogP contribution in [0.4, 0.5) is 15.9 Å². The zero-order valence-electron chi connectivity index (χ0n) is 20.6. The lowest BCUT2D eigenvalue weighted by Gasteiger charge is -2.33. The van der Waals surface area contributed by atoms with E-state index in [1.54, 1.807) is 34.8 Å². The average Bonchev–Trinajstić information content (AvgIpc) is 3.33. The Balaban J connectivity index is 1.45. The van der Waals surface area contributed by atoms with Crippen LogP contribution in [0.2, 0.25) is 0 Å². The summed E-state index contributed by atoms with van der Waals surface area (Å²) in [6, 6.07) is 16.4. The molecule has 0 spiro atoms. The minimum Gasteiger partial charge on any atom is -0.368 e. The molecule has 186 valence electrons. The molecule has 0 bridgehead atoms. The number of piperazine rings is 1. The van der Waals surface area contributed by atoms with Gasteiger partial charge in [0, 0.05) is 44.0 Å². The Kier molecular flexibility index (Phi) is 6.90. The van der Waals surface area contributed by atoms with Gasteiger partial charge in [-0.1, -0.05) is 31.4 Å². The summed E-state index contributed by atoms with van der Waals surface area (Å²) in [6.45, 7) is 2.36. The van der Waals surface area contributed by atoms with Crippen LogP contribution in [-0.4, -0.2) is 53.8 Å². The lowest BCUT2D eigenvalue weighted by molar-refractivity contribution is -0.129. The number of amides is 1. The molecule has 8 heteroatoms. The number of rotatable bonds is 6. The summed E-state index contributed by atoms with van der Waals surface area (Å²) in [5.74, 6) is 0.947. The standard InChI is InChI=1S/C28H31FN6O/c1-33-13-14-34(19-28(33)36)23-11-12-25(24(29)15-23)35-26(22-9-7-20(17-30)8-10-22)16-27(32-35)31-18-21-5-3-2-4-6-21/h7-12,15-16,21H,2-6,13-14,18-19H2,1H3,(H,31,32). The van der Waals surface area contributed by atoms with Crippen molar-refractivity contribution in [3.8, 4) is 23.0 Å². The number of carbonyl (C=O) groups excluding carboxylic acids is 1. The van der Waals surface area contributed by atoms with Crippen molar-refractivity contribution in [1.29, 1.82) is 5.26 Å². The largest absolute Gasteiger partial charge is 0.368 e. The SMILES string of the molecule is CN1CCN(c2ccc(-n3nc(NCC4CCCCC4)cc3-c3ccc(C#N)cc3)c(F)c2)CC1=O. The lowest BCUT2D eigenvalue weighted by Crippen LogP contribution is -2.48. The van der Waals surface area contributed by atoms with Crippen LogP contribution in [0.15, 0.2) is 48.5 Å².